The van der Waals surface area contributed by atoms with Gasteiger partial charge in [-0.2, -0.15) is 0 Å². The van der Waals surface area contributed by atoms with Crippen LogP contribution in [0.25, 0.3) is 0 Å². The normalized spacial score (nSPS) is 12.0. The van der Waals surface area contributed by atoms with Gasteiger partial charge in [0.15, 0.2) is 0 Å². The summed E-state index contributed by atoms with van der Waals surface area (Å²) in [6.07, 6.45) is 32.9. The van der Waals surface area contributed by atoms with Crippen LogP contribution in [-0.4, -0.2) is 45.0 Å². The lowest BCUT2D eigenvalue weighted by Gasteiger charge is -2.17. The van der Waals surface area contributed by atoms with Crippen LogP contribution in [0, 0.1) is 11.8 Å². The fourth-order valence-electron chi connectivity index (χ4n) is 6.13. The topological polar surface area (TPSA) is 73.9 Å². The number of hydrogen-bond acceptors (Lipinski definition) is 6. The molecule has 1 unspecified atom stereocenters. The highest BCUT2D eigenvalue weighted by Crippen LogP contribution is 2.20. The van der Waals surface area contributed by atoms with E-state index in [4.69, 9.17) is 14.2 Å². The van der Waals surface area contributed by atoms with Crippen molar-refractivity contribution >= 4 is 12.1 Å². The Balaban J connectivity index is 3.63. The van der Waals surface area contributed by atoms with E-state index in [0.29, 0.717) is 38.1 Å². The van der Waals surface area contributed by atoms with E-state index < -0.39 is 6.16 Å². The highest BCUT2D eigenvalue weighted by Gasteiger charge is 2.13. The van der Waals surface area contributed by atoms with Crippen LogP contribution in [0.3, 0.4) is 0 Å². The zero-order chi connectivity index (χ0) is 34.5. The molecule has 47 heavy (non-hydrogen) atoms. The van der Waals surface area contributed by atoms with E-state index >= 15 is 0 Å². The SMILES string of the molecule is CCCCCCCCCC(=O)OCC(C)CCCCCNCCCCCCOC(=O)OCC(CCCCCCC)CCCCCCC. The standard InChI is InChI=1S/C41H81NO5/c1-5-8-11-14-15-18-25-32-40(43)46-36-38(4)29-22-21-27-34-42-33-26-19-20-28-35-45-41(44)47-37-39(30-23-16-12-9-6-2)31-24-17-13-10-7-3/h38-39,42H,5-37H2,1-4H3. The third kappa shape index (κ3) is 35.8. The van der Waals surface area contributed by atoms with Crippen LogP contribution < -0.4 is 5.32 Å². The van der Waals surface area contributed by atoms with E-state index in [0.717, 1.165) is 70.9 Å². The summed E-state index contributed by atoms with van der Waals surface area (Å²) >= 11 is 0. The minimum Gasteiger partial charge on any atom is -0.465 e. The molecule has 0 aromatic heterocycles. The smallest absolute Gasteiger partial charge is 0.465 e. The number of rotatable bonds is 37. The molecule has 280 valence electrons. The molecule has 0 heterocycles. The molecule has 0 aliphatic rings. The van der Waals surface area contributed by atoms with Crippen LogP contribution in [-0.2, 0) is 19.0 Å². The highest BCUT2D eigenvalue weighted by molar-refractivity contribution is 5.69. The Morgan fingerprint density at radius 3 is 1.55 bits per heavy atom. The quantitative estimate of drug-likeness (QED) is 0.0525. The molecule has 0 aliphatic heterocycles. The van der Waals surface area contributed by atoms with Gasteiger partial charge in [0.05, 0.1) is 19.8 Å². The first-order valence-electron chi connectivity index (χ1n) is 20.7. The highest BCUT2D eigenvalue weighted by atomic mass is 16.7. The number of hydrogen-bond donors (Lipinski definition) is 1. The van der Waals surface area contributed by atoms with Crippen molar-refractivity contribution in [3.8, 4) is 0 Å². The second-order valence-corrected chi connectivity index (χ2v) is 14.4. The Morgan fingerprint density at radius 2 is 0.957 bits per heavy atom. The first kappa shape index (κ1) is 45.7. The number of esters is 1. The van der Waals surface area contributed by atoms with Crippen molar-refractivity contribution in [2.24, 2.45) is 11.8 Å². The zero-order valence-corrected chi connectivity index (χ0v) is 32.0. The van der Waals surface area contributed by atoms with Crippen LogP contribution >= 0.6 is 0 Å². The summed E-state index contributed by atoms with van der Waals surface area (Å²) in [5, 5.41) is 3.56. The Kier molecular flexibility index (Phi) is 36.5. The zero-order valence-electron chi connectivity index (χ0n) is 32.0. The van der Waals surface area contributed by atoms with Crippen LogP contribution in [0.4, 0.5) is 4.79 Å². The number of carbonyl (C=O) groups is 2. The van der Waals surface area contributed by atoms with Gasteiger partial charge in [-0.15, -0.1) is 0 Å². The van der Waals surface area contributed by atoms with E-state index in [1.54, 1.807) is 0 Å². The van der Waals surface area contributed by atoms with Gasteiger partial charge in [-0.1, -0.05) is 156 Å². The molecule has 0 aromatic carbocycles. The van der Waals surface area contributed by atoms with Gasteiger partial charge in [0.1, 0.15) is 0 Å². The Bertz CT molecular complexity index is 644. The predicted molar refractivity (Wildman–Crippen MR) is 200 cm³/mol. The van der Waals surface area contributed by atoms with Crippen LogP contribution in [0.15, 0.2) is 0 Å². The van der Waals surface area contributed by atoms with Crippen LogP contribution in [0.2, 0.25) is 0 Å². The molecule has 0 amide bonds. The molecule has 0 radical (unpaired) electrons. The lowest BCUT2D eigenvalue weighted by Crippen LogP contribution is -2.17. The van der Waals surface area contributed by atoms with E-state index in [2.05, 4.69) is 33.0 Å². The van der Waals surface area contributed by atoms with Gasteiger partial charge in [0, 0.05) is 6.42 Å². The van der Waals surface area contributed by atoms with Gasteiger partial charge in [-0.05, 0) is 69.9 Å². The largest absolute Gasteiger partial charge is 0.508 e. The van der Waals surface area contributed by atoms with Crippen molar-refractivity contribution in [1.29, 1.82) is 0 Å². The summed E-state index contributed by atoms with van der Waals surface area (Å²) in [7, 11) is 0. The first-order chi connectivity index (χ1) is 23.0. The average molecular weight is 668 g/mol. The van der Waals surface area contributed by atoms with Gasteiger partial charge >= 0.3 is 12.1 Å². The molecular formula is C41H81NO5. The predicted octanol–water partition coefficient (Wildman–Crippen LogP) is 12.5. The first-order valence-corrected chi connectivity index (χ1v) is 20.7. The Labute approximate surface area is 293 Å². The lowest BCUT2D eigenvalue weighted by atomic mass is 9.95. The Hall–Kier alpha value is -1.30. The van der Waals surface area contributed by atoms with Gasteiger partial charge < -0.3 is 19.5 Å². The second kappa shape index (κ2) is 37.5. The summed E-state index contributed by atoms with van der Waals surface area (Å²) in [5.74, 6) is 0.900. The molecule has 0 spiro atoms. The number of ether oxygens (including phenoxy) is 3. The molecule has 0 saturated carbocycles. The molecule has 1 N–H and O–H groups in total. The fourth-order valence-corrected chi connectivity index (χ4v) is 6.13. The van der Waals surface area contributed by atoms with Gasteiger partial charge in [-0.3, -0.25) is 4.79 Å². The molecule has 0 aromatic rings. The molecule has 6 nitrogen and oxygen atoms in total. The number of unbranched alkanes of at least 4 members (excludes halogenated alkanes) is 19. The minimum absolute atomic E-state index is 0.0181. The minimum atomic E-state index is -0.483. The van der Waals surface area contributed by atoms with Gasteiger partial charge in [0.25, 0.3) is 0 Å². The van der Waals surface area contributed by atoms with Crippen molar-refractivity contribution in [3.63, 3.8) is 0 Å². The number of nitrogens with one attached hydrogen (secondary N) is 1. The number of carbonyl (C=O) groups excluding carboxylic acids is 2. The van der Waals surface area contributed by atoms with Crippen molar-refractivity contribution in [2.75, 3.05) is 32.9 Å². The molecule has 0 fully saturated rings. The molecule has 0 rings (SSSR count). The molecule has 0 aliphatic carbocycles. The van der Waals surface area contributed by atoms with Crippen LogP contribution in [0.5, 0.6) is 0 Å². The van der Waals surface area contributed by atoms with Gasteiger partial charge in [-0.25, -0.2) is 4.79 Å². The summed E-state index contributed by atoms with van der Waals surface area (Å²) in [4.78, 5) is 24.1. The Morgan fingerprint density at radius 1 is 0.489 bits per heavy atom. The summed E-state index contributed by atoms with van der Waals surface area (Å²) in [6.45, 7) is 12.6. The lowest BCUT2D eigenvalue weighted by molar-refractivity contribution is -0.145. The maximum atomic E-state index is 12.2. The van der Waals surface area contributed by atoms with E-state index in [1.165, 1.54) is 116 Å². The second-order valence-electron chi connectivity index (χ2n) is 14.4. The fraction of sp³-hybridized carbons (Fsp3) is 0.951. The molecule has 1 atom stereocenters. The summed E-state index contributed by atoms with van der Waals surface area (Å²) in [6, 6.07) is 0. The van der Waals surface area contributed by atoms with Gasteiger partial charge in [0.2, 0.25) is 0 Å². The van der Waals surface area contributed by atoms with Crippen molar-refractivity contribution in [1.82, 2.24) is 5.32 Å². The maximum absolute atomic E-state index is 12.2. The van der Waals surface area contributed by atoms with Crippen LogP contribution in [0.1, 0.15) is 207 Å². The van der Waals surface area contributed by atoms with E-state index in [9.17, 15) is 9.59 Å². The van der Waals surface area contributed by atoms with E-state index in [-0.39, 0.29) is 5.97 Å². The molecule has 0 saturated heterocycles. The third-order valence-electron chi connectivity index (χ3n) is 9.40. The average Bonchev–Trinajstić information content (AvgIpc) is 3.07. The van der Waals surface area contributed by atoms with Crippen molar-refractivity contribution in [2.45, 2.75) is 207 Å². The third-order valence-corrected chi connectivity index (χ3v) is 9.40. The van der Waals surface area contributed by atoms with Crippen molar-refractivity contribution < 1.29 is 23.8 Å². The molecule has 0 bridgehead atoms. The summed E-state index contributed by atoms with van der Waals surface area (Å²) in [5.41, 5.74) is 0. The maximum Gasteiger partial charge on any atom is 0.508 e. The monoisotopic (exact) mass is 668 g/mol. The molecule has 6 heteroatoms. The summed E-state index contributed by atoms with van der Waals surface area (Å²) < 4.78 is 16.4. The van der Waals surface area contributed by atoms with Crippen molar-refractivity contribution in [3.05, 3.63) is 0 Å². The van der Waals surface area contributed by atoms with E-state index in [1.807, 2.05) is 0 Å². The molecular weight excluding hydrogens is 586 g/mol.